The van der Waals surface area contributed by atoms with Crippen LogP contribution in [0.5, 0.6) is 0 Å². The van der Waals surface area contributed by atoms with Gasteiger partial charge in [0.1, 0.15) is 5.69 Å². The molecule has 1 aromatic heterocycles. The Labute approximate surface area is 114 Å². The molecule has 0 amide bonds. The summed E-state index contributed by atoms with van der Waals surface area (Å²) in [5.74, 6) is -6.54. The van der Waals surface area contributed by atoms with Crippen LogP contribution in [0.3, 0.4) is 0 Å². The molecule has 2 nitrogen and oxygen atoms in total. The van der Waals surface area contributed by atoms with Crippen molar-refractivity contribution in [2.24, 2.45) is 0 Å². The number of aryl methyl sites for hydroxylation is 1. The largest absolute Gasteiger partial charge is 0.350 e. The highest BCUT2D eigenvalue weighted by Crippen LogP contribution is 2.29. The minimum Gasteiger partial charge on any atom is -0.350 e. The number of nitrogens with one attached hydrogen (secondary N) is 1. The number of benzene rings is 1. The molecular weight excluding hydrogens is 328 g/mol. The predicted molar refractivity (Wildman–Crippen MR) is 66.2 cm³/mol. The fourth-order valence-electron chi connectivity index (χ4n) is 1.46. The van der Waals surface area contributed by atoms with Gasteiger partial charge in [-0.25, -0.2) is 0 Å². The van der Waals surface area contributed by atoms with Gasteiger partial charge in [0.25, 0.3) is 11.9 Å². The van der Waals surface area contributed by atoms with Gasteiger partial charge in [0.2, 0.25) is 11.6 Å². The summed E-state index contributed by atoms with van der Waals surface area (Å²) in [5.41, 5.74) is 0.0583. The molecule has 0 aliphatic heterocycles. The van der Waals surface area contributed by atoms with E-state index < -0.39 is 29.2 Å². The van der Waals surface area contributed by atoms with Crippen LogP contribution in [-0.4, -0.2) is 4.98 Å². The second-order valence-electron chi connectivity index (χ2n) is 3.78. The highest BCUT2D eigenvalue weighted by atomic mass is 79.9. The third kappa shape index (κ3) is 2.70. The Morgan fingerprint density at radius 1 is 1.05 bits per heavy atom. The zero-order valence-electron chi connectivity index (χ0n) is 9.57. The van der Waals surface area contributed by atoms with Crippen LogP contribution < -0.4 is 5.32 Å². The Hall–Kier alpha value is -1.63. The minimum atomic E-state index is -1.70. The van der Waals surface area contributed by atoms with Gasteiger partial charge in [0.05, 0.1) is 0 Å². The zero-order valence-corrected chi connectivity index (χ0v) is 11.2. The Bertz CT molecular complexity index is 620. The van der Waals surface area contributed by atoms with Crippen molar-refractivity contribution in [3.63, 3.8) is 0 Å². The average molecular weight is 335 g/mol. The summed E-state index contributed by atoms with van der Waals surface area (Å²) < 4.78 is 53.5. The van der Waals surface area contributed by atoms with Crippen LogP contribution in [0.1, 0.15) is 5.56 Å². The molecule has 0 atom stereocenters. The lowest BCUT2D eigenvalue weighted by Gasteiger charge is -2.12. The maximum Gasteiger partial charge on any atom is 0.253 e. The van der Waals surface area contributed by atoms with Crippen molar-refractivity contribution in [2.45, 2.75) is 6.92 Å². The molecule has 0 bridgehead atoms. The maximum atomic E-state index is 13.4. The molecule has 2 rings (SSSR count). The lowest BCUT2D eigenvalue weighted by molar-refractivity contribution is 0.411. The fourth-order valence-corrected chi connectivity index (χ4v) is 1.82. The van der Waals surface area contributed by atoms with Crippen molar-refractivity contribution < 1.29 is 17.6 Å². The first-order valence-electron chi connectivity index (χ1n) is 5.13. The van der Waals surface area contributed by atoms with Crippen molar-refractivity contribution in [1.29, 1.82) is 0 Å². The number of rotatable bonds is 2. The molecule has 0 unspecified atom stereocenters. The van der Waals surface area contributed by atoms with Crippen molar-refractivity contribution in [2.75, 3.05) is 5.32 Å². The quantitative estimate of drug-likeness (QED) is 0.648. The average Bonchev–Trinajstić information content (AvgIpc) is 2.36. The first-order valence-corrected chi connectivity index (χ1v) is 5.92. The maximum absolute atomic E-state index is 13.4. The van der Waals surface area contributed by atoms with Gasteiger partial charge in [-0.05, 0) is 24.6 Å². The second-order valence-corrected chi connectivity index (χ2v) is 4.70. The van der Waals surface area contributed by atoms with Crippen molar-refractivity contribution in [1.82, 2.24) is 4.98 Å². The van der Waals surface area contributed by atoms with E-state index in [0.29, 0.717) is 15.7 Å². The highest BCUT2D eigenvalue weighted by Gasteiger charge is 2.21. The van der Waals surface area contributed by atoms with Gasteiger partial charge in [-0.15, -0.1) is 0 Å². The first-order chi connectivity index (χ1) is 8.90. The van der Waals surface area contributed by atoms with Gasteiger partial charge in [-0.1, -0.05) is 22.0 Å². The molecule has 0 fully saturated rings. The van der Waals surface area contributed by atoms with Gasteiger partial charge in [0, 0.05) is 10.2 Å². The summed E-state index contributed by atoms with van der Waals surface area (Å²) in [7, 11) is 0. The van der Waals surface area contributed by atoms with Crippen molar-refractivity contribution in [3.05, 3.63) is 51.8 Å². The monoisotopic (exact) mass is 334 g/mol. The van der Waals surface area contributed by atoms with E-state index in [0.717, 1.165) is 0 Å². The van der Waals surface area contributed by atoms with Crippen LogP contribution >= 0.6 is 15.9 Å². The van der Waals surface area contributed by atoms with E-state index >= 15 is 0 Å². The number of pyridine rings is 1. The minimum absolute atomic E-state index is 0.317. The molecule has 0 spiro atoms. The lowest BCUT2D eigenvalue weighted by Crippen LogP contribution is -2.06. The molecule has 1 N–H and O–H groups in total. The lowest BCUT2D eigenvalue weighted by atomic mass is 10.2. The van der Waals surface area contributed by atoms with Crippen LogP contribution in [0, 0.1) is 30.5 Å². The van der Waals surface area contributed by atoms with Gasteiger partial charge >= 0.3 is 0 Å². The van der Waals surface area contributed by atoms with Crippen LogP contribution in [-0.2, 0) is 0 Å². The van der Waals surface area contributed by atoms with Crippen LogP contribution in [0.4, 0.5) is 28.9 Å². The Kier molecular flexibility index (Phi) is 3.75. The van der Waals surface area contributed by atoms with Crippen LogP contribution in [0.2, 0.25) is 0 Å². The van der Waals surface area contributed by atoms with E-state index in [4.69, 9.17) is 0 Å². The summed E-state index contributed by atoms with van der Waals surface area (Å²) >= 11 is 3.19. The molecule has 1 aromatic carbocycles. The smallest absolute Gasteiger partial charge is 0.253 e. The summed E-state index contributed by atoms with van der Waals surface area (Å²) in [4.78, 5) is 2.48. The van der Waals surface area contributed by atoms with E-state index in [-0.39, 0.29) is 0 Å². The first kappa shape index (κ1) is 13.8. The fraction of sp³-hybridized carbons (Fsp3) is 0.0833. The summed E-state index contributed by atoms with van der Waals surface area (Å²) in [6.45, 7) is 1.68. The molecule has 0 aliphatic carbocycles. The SMILES string of the molecule is Cc1ccc(Br)cc1Nc1c(F)c(F)nc(F)c1F. The number of halogens is 5. The van der Waals surface area contributed by atoms with E-state index in [1.165, 1.54) is 6.07 Å². The van der Waals surface area contributed by atoms with Gasteiger partial charge in [-0.3, -0.25) is 0 Å². The summed E-state index contributed by atoms with van der Waals surface area (Å²) in [6.07, 6.45) is 0. The highest BCUT2D eigenvalue weighted by molar-refractivity contribution is 9.10. The third-order valence-corrected chi connectivity index (χ3v) is 2.95. The number of hydrogen-bond donors (Lipinski definition) is 1. The molecule has 100 valence electrons. The van der Waals surface area contributed by atoms with E-state index in [2.05, 4.69) is 26.2 Å². The summed E-state index contributed by atoms with van der Waals surface area (Å²) in [5, 5.41) is 2.33. The third-order valence-electron chi connectivity index (χ3n) is 2.46. The zero-order chi connectivity index (χ0) is 14.2. The molecular formula is C12H7BrF4N2. The molecule has 0 aliphatic rings. The standard InChI is InChI=1S/C12H7BrF4N2/c1-5-2-3-6(13)4-7(5)18-10-8(14)11(16)19-12(17)9(10)15/h2-4H,1H3,(H,18,19). The van der Waals surface area contributed by atoms with Crippen LogP contribution in [0.25, 0.3) is 0 Å². The van der Waals surface area contributed by atoms with E-state index in [9.17, 15) is 17.6 Å². The number of anilines is 2. The Morgan fingerprint density at radius 2 is 1.63 bits per heavy atom. The molecule has 7 heteroatoms. The molecule has 0 radical (unpaired) electrons. The van der Waals surface area contributed by atoms with Gasteiger partial charge < -0.3 is 5.32 Å². The van der Waals surface area contributed by atoms with E-state index in [1.807, 2.05) is 0 Å². The Morgan fingerprint density at radius 3 is 2.21 bits per heavy atom. The number of aromatic nitrogens is 1. The van der Waals surface area contributed by atoms with E-state index in [1.54, 1.807) is 19.1 Å². The molecule has 19 heavy (non-hydrogen) atoms. The molecule has 0 saturated carbocycles. The van der Waals surface area contributed by atoms with Gasteiger partial charge in [0.15, 0.2) is 0 Å². The van der Waals surface area contributed by atoms with Gasteiger partial charge in [-0.2, -0.15) is 22.5 Å². The Balaban J connectivity index is 2.52. The van der Waals surface area contributed by atoms with Crippen molar-refractivity contribution >= 4 is 27.3 Å². The second kappa shape index (κ2) is 5.16. The van der Waals surface area contributed by atoms with Crippen LogP contribution in [0.15, 0.2) is 22.7 Å². The number of nitrogens with zero attached hydrogens (tertiary/aromatic N) is 1. The molecule has 0 saturated heterocycles. The summed E-state index contributed by atoms with van der Waals surface area (Å²) in [6, 6.07) is 4.93. The topological polar surface area (TPSA) is 24.9 Å². The normalized spacial score (nSPS) is 10.6. The van der Waals surface area contributed by atoms with Crippen molar-refractivity contribution in [3.8, 4) is 0 Å². The predicted octanol–water partition coefficient (Wildman–Crippen LogP) is 4.45. The molecule has 1 heterocycles. The number of hydrogen-bond acceptors (Lipinski definition) is 2. The molecule has 2 aromatic rings.